The van der Waals surface area contributed by atoms with Crippen LogP contribution in [0, 0.1) is 5.92 Å². The molecule has 5 heteroatoms. The number of aromatic nitrogens is 2. The third kappa shape index (κ3) is 2.83. The molecule has 1 N–H and O–H groups in total. The van der Waals surface area contributed by atoms with Crippen molar-refractivity contribution in [1.29, 1.82) is 0 Å². The molecule has 100 valence electrons. The van der Waals surface area contributed by atoms with Crippen LogP contribution in [0.25, 0.3) is 0 Å². The summed E-state index contributed by atoms with van der Waals surface area (Å²) in [6.45, 7) is 0. The van der Waals surface area contributed by atoms with Crippen molar-refractivity contribution in [2.24, 2.45) is 5.92 Å². The zero-order chi connectivity index (χ0) is 12.4. The van der Waals surface area contributed by atoms with Crippen molar-refractivity contribution in [3.05, 3.63) is 5.82 Å². The minimum absolute atomic E-state index is 0.0938. The molecule has 0 spiro atoms. The second kappa shape index (κ2) is 5.53. The number of methoxy groups -OCH3 is 1. The van der Waals surface area contributed by atoms with Gasteiger partial charge in [-0.25, -0.2) is 4.98 Å². The van der Waals surface area contributed by atoms with E-state index in [1.807, 2.05) is 0 Å². The molecular weight excluding hydrogens is 246 g/mol. The maximum Gasteiger partial charge on any atom is 0.202 e. The van der Waals surface area contributed by atoms with Crippen LogP contribution in [0.2, 0.25) is 0 Å². The number of anilines is 1. The van der Waals surface area contributed by atoms with Crippen molar-refractivity contribution in [3.8, 4) is 0 Å². The SMILES string of the molecule is COC(c1nsc(NC2CC2)n1)C1CCCCC1. The molecule has 2 aliphatic carbocycles. The van der Waals surface area contributed by atoms with Crippen LogP contribution in [0.4, 0.5) is 5.13 Å². The molecule has 18 heavy (non-hydrogen) atoms. The summed E-state index contributed by atoms with van der Waals surface area (Å²) in [7, 11) is 1.79. The minimum Gasteiger partial charge on any atom is -0.373 e. The number of hydrogen-bond acceptors (Lipinski definition) is 5. The van der Waals surface area contributed by atoms with E-state index in [4.69, 9.17) is 4.74 Å². The molecule has 1 aromatic heterocycles. The Morgan fingerprint density at radius 1 is 1.22 bits per heavy atom. The highest BCUT2D eigenvalue weighted by Gasteiger charge is 2.29. The summed E-state index contributed by atoms with van der Waals surface area (Å²) in [5.74, 6) is 1.49. The molecule has 3 rings (SSSR count). The van der Waals surface area contributed by atoms with E-state index >= 15 is 0 Å². The van der Waals surface area contributed by atoms with Crippen molar-refractivity contribution in [3.63, 3.8) is 0 Å². The zero-order valence-electron chi connectivity index (χ0n) is 10.9. The molecule has 4 nitrogen and oxygen atoms in total. The van der Waals surface area contributed by atoms with E-state index in [1.165, 1.54) is 56.5 Å². The highest BCUT2D eigenvalue weighted by molar-refractivity contribution is 7.09. The fraction of sp³-hybridized carbons (Fsp3) is 0.846. The normalized spacial score (nSPS) is 22.9. The summed E-state index contributed by atoms with van der Waals surface area (Å²) >= 11 is 1.47. The van der Waals surface area contributed by atoms with Gasteiger partial charge in [-0.3, -0.25) is 0 Å². The van der Waals surface area contributed by atoms with Crippen molar-refractivity contribution in [2.45, 2.75) is 57.1 Å². The molecule has 1 heterocycles. The van der Waals surface area contributed by atoms with Crippen LogP contribution in [-0.2, 0) is 4.74 Å². The van der Waals surface area contributed by atoms with Gasteiger partial charge in [-0.15, -0.1) is 0 Å². The van der Waals surface area contributed by atoms with Gasteiger partial charge in [0.1, 0.15) is 6.10 Å². The molecule has 0 bridgehead atoms. The Bertz CT molecular complexity index is 385. The lowest BCUT2D eigenvalue weighted by molar-refractivity contribution is 0.0298. The van der Waals surface area contributed by atoms with Crippen molar-refractivity contribution in [2.75, 3.05) is 12.4 Å². The van der Waals surface area contributed by atoms with Gasteiger partial charge < -0.3 is 10.1 Å². The van der Waals surface area contributed by atoms with E-state index in [1.54, 1.807) is 7.11 Å². The van der Waals surface area contributed by atoms with E-state index in [0.717, 1.165) is 11.0 Å². The summed E-state index contributed by atoms with van der Waals surface area (Å²) in [5, 5.41) is 4.37. The average Bonchev–Trinajstić information content (AvgIpc) is 3.10. The topological polar surface area (TPSA) is 47.0 Å². The third-order valence-corrected chi connectivity index (χ3v) is 4.59. The Balaban J connectivity index is 1.67. The number of rotatable bonds is 5. The molecule has 2 fully saturated rings. The highest BCUT2D eigenvalue weighted by atomic mass is 32.1. The van der Waals surface area contributed by atoms with Gasteiger partial charge in [-0.1, -0.05) is 19.3 Å². The van der Waals surface area contributed by atoms with Crippen LogP contribution >= 0.6 is 11.5 Å². The van der Waals surface area contributed by atoms with Crippen LogP contribution in [0.15, 0.2) is 0 Å². The Kier molecular flexibility index (Phi) is 3.80. The van der Waals surface area contributed by atoms with Gasteiger partial charge in [-0.2, -0.15) is 4.37 Å². The molecule has 0 amide bonds. The summed E-state index contributed by atoms with van der Waals surface area (Å²) in [5.41, 5.74) is 0. The molecular formula is C13H21N3OS. The lowest BCUT2D eigenvalue weighted by Crippen LogP contribution is -2.19. The molecule has 1 aromatic rings. The predicted molar refractivity (Wildman–Crippen MR) is 72.9 cm³/mol. The van der Waals surface area contributed by atoms with E-state index in [9.17, 15) is 0 Å². The first-order valence-electron chi connectivity index (χ1n) is 7.00. The van der Waals surface area contributed by atoms with Crippen molar-refractivity contribution >= 4 is 16.7 Å². The number of nitrogens with zero attached hydrogens (tertiary/aromatic N) is 2. The predicted octanol–water partition coefficient (Wildman–Crippen LogP) is 3.38. The van der Waals surface area contributed by atoms with Crippen LogP contribution in [0.5, 0.6) is 0 Å². The maximum absolute atomic E-state index is 5.66. The van der Waals surface area contributed by atoms with E-state index in [2.05, 4.69) is 14.7 Å². The quantitative estimate of drug-likeness (QED) is 0.888. The Morgan fingerprint density at radius 3 is 2.67 bits per heavy atom. The van der Waals surface area contributed by atoms with Gasteiger partial charge in [0.05, 0.1) is 0 Å². The van der Waals surface area contributed by atoms with Crippen LogP contribution < -0.4 is 5.32 Å². The Hall–Kier alpha value is -0.680. The maximum atomic E-state index is 5.66. The minimum atomic E-state index is 0.0938. The van der Waals surface area contributed by atoms with E-state index in [-0.39, 0.29) is 6.10 Å². The second-order valence-corrected chi connectivity index (χ2v) is 6.18. The van der Waals surface area contributed by atoms with Gasteiger partial charge in [0.2, 0.25) is 5.13 Å². The molecule has 1 atom stereocenters. The van der Waals surface area contributed by atoms with Gasteiger partial charge in [0.15, 0.2) is 5.82 Å². The average molecular weight is 267 g/mol. The van der Waals surface area contributed by atoms with Crippen LogP contribution in [0.3, 0.4) is 0 Å². The monoisotopic (exact) mass is 267 g/mol. The van der Waals surface area contributed by atoms with Gasteiger partial charge >= 0.3 is 0 Å². The van der Waals surface area contributed by atoms with Crippen LogP contribution in [-0.4, -0.2) is 22.5 Å². The standard InChI is InChI=1S/C13H21N3OS/c1-17-11(9-5-3-2-4-6-9)12-15-13(18-16-12)14-10-7-8-10/h9-11H,2-8H2,1H3,(H,14,15,16). The Labute approximate surface area is 112 Å². The first kappa shape index (κ1) is 12.4. The molecule has 1 unspecified atom stereocenters. The largest absolute Gasteiger partial charge is 0.373 e. The second-order valence-electron chi connectivity index (χ2n) is 5.43. The van der Waals surface area contributed by atoms with Gasteiger partial charge in [0.25, 0.3) is 0 Å². The first-order chi connectivity index (χ1) is 8.86. The molecule has 0 aliphatic heterocycles. The molecule has 2 saturated carbocycles. The Morgan fingerprint density at radius 2 is 2.00 bits per heavy atom. The van der Waals surface area contributed by atoms with Crippen LogP contribution in [0.1, 0.15) is 56.9 Å². The van der Waals surface area contributed by atoms with Crippen molar-refractivity contribution < 1.29 is 4.74 Å². The fourth-order valence-corrected chi connectivity index (χ4v) is 3.44. The number of ether oxygens (including phenoxy) is 1. The molecule has 0 radical (unpaired) electrons. The first-order valence-corrected chi connectivity index (χ1v) is 7.77. The zero-order valence-corrected chi connectivity index (χ0v) is 11.7. The summed E-state index contributed by atoms with van der Waals surface area (Å²) in [4.78, 5) is 4.61. The molecule has 0 aromatic carbocycles. The lowest BCUT2D eigenvalue weighted by atomic mass is 9.85. The van der Waals surface area contributed by atoms with Gasteiger partial charge in [0, 0.05) is 24.7 Å². The van der Waals surface area contributed by atoms with E-state index in [0.29, 0.717) is 12.0 Å². The van der Waals surface area contributed by atoms with Gasteiger partial charge in [-0.05, 0) is 31.6 Å². The smallest absolute Gasteiger partial charge is 0.202 e. The fourth-order valence-electron chi connectivity index (χ4n) is 2.76. The van der Waals surface area contributed by atoms with Crippen molar-refractivity contribution in [1.82, 2.24) is 9.36 Å². The number of nitrogens with one attached hydrogen (secondary N) is 1. The molecule has 0 saturated heterocycles. The summed E-state index contributed by atoms with van der Waals surface area (Å²) in [6, 6.07) is 0.640. The van der Waals surface area contributed by atoms with E-state index < -0.39 is 0 Å². The summed E-state index contributed by atoms with van der Waals surface area (Å²) < 4.78 is 10.2. The lowest BCUT2D eigenvalue weighted by Gasteiger charge is -2.27. The molecule has 2 aliphatic rings. The third-order valence-electron chi connectivity index (χ3n) is 3.93. The highest BCUT2D eigenvalue weighted by Crippen LogP contribution is 2.36. The number of hydrogen-bond donors (Lipinski definition) is 1. The summed E-state index contributed by atoms with van der Waals surface area (Å²) in [6.07, 6.45) is 9.15.